The summed E-state index contributed by atoms with van der Waals surface area (Å²) in [7, 11) is 0. The highest BCUT2D eigenvalue weighted by Crippen LogP contribution is 2.76. The summed E-state index contributed by atoms with van der Waals surface area (Å²) in [4.78, 5) is 40.3. The van der Waals surface area contributed by atoms with Crippen molar-refractivity contribution in [2.75, 3.05) is 13.2 Å². The van der Waals surface area contributed by atoms with Gasteiger partial charge in [-0.1, -0.05) is 79.2 Å². The van der Waals surface area contributed by atoms with E-state index in [1.165, 1.54) is 0 Å². The van der Waals surface area contributed by atoms with Gasteiger partial charge >= 0.3 is 17.9 Å². The summed E-state index contributed by atoms with van der Waals surface area (Å²) in [6, 6.07) is 0. The number of ether oxygens (including phenoxy) is 8. The van der Waals surface area contributed by atoms with Crippen LogP contribution in [0.25, 0.3) is 0 Å². The minimum absolute atomic E-state index is 0.0903. The third-order valence-corrected chi connectivity index (χ3v) is 21.4. The van der Waals surface area contributed by atoms with Crippen LogP contribution in [0, 0.1) is 50.2 Å². The lowest BCUT2D eigenvalue weighted by atomic mass is 9.32. The van der Waals surface area contributed by atoms with E-state index in [2.05, 4.69) is 19.9 Å². The lowest BCUT2D eigenvalue weighted by molar-refractivity contribution is -0.386. The van der Waals surface area contributed by atoms with E-state index in [0.29, 0.717) is 49.7 Å². The highest BCUT2D eigenvalue weighted by molar-refractivity contribution is 5.89. The minimum atomic E-state index is -2.11. The monoisotopic (exact) mass is 1120 g/mol. The molecule has 11 N–H and O–H groups in total. The van der Waals surface area contributed by atoms with E-state index in [9.17, 15) is 70.6 Å². The Morgan fingerprint density at radius 1 is 0.633 bits per heavy atom. The molecule has 8 aliphatic rings. The van der Waals surface area contributed by atoms with Crippen molar-refractivity contribution in [1.82, 2.24) is 0 Å². The maximum Gasteiger partial charge on any atom is 0.335 e. The number of esters is 2. The maximum atomic E-state index is 13.8. The molecule has 79 heavy (non-hydrogen) atoms. The van der Waals surface area contributed by atoms with Crippen LogP contribution in [0.2, 0.25) is 0 Å². The second-order valence-corrected chi connectivity index (χ2v) is 26.1. The van der Waals surface area contributed by atoms with E-state index in [1.54, 1.807) is 39.8 Å². The van der Waals surface area contributed by atoms with E-state index in [-0.39, 0.29) is 11.8 Å². The molecule has 0 bridgehead atoms. The molecule has 5 aliphatic carbocycles. The number of allylic oxidation sites excluding steroid dienone is 3. The molecule has 0 aromatic carbocycles. The van der Waals surface area contributed by atoms with Gasteiger partial charge in [-0.15, -0.1) is 0 Å². The normalized spacial score (nSPS) is 49.5. The Balaban J connectivity index is 1.13. The van der Waals surface area contributed by atoms with Gasteiger partial charge in [-0.2, -0.15) is 0 Å². The first-order valence-electron chi connectivity index (χ1n) is 28.0. The predicted molar refractivity (Wildman–Crippen MR) is 275 cm³/mol. The Bertz CT molecular complexity index is 2370. The topological polar surface area (TPSA) is 348 Å². The fourth-order valence-electron chi connectivity index (χ4n) is 16.1. The van der Waals surface area contributed by atoms with Crippen LogP contribution in [-0.2, 0) is 52.3 Å². The molecular formula is C57H88O22. The number of rotatable bonds is 13. The molecule has 26 unspecified atom stereocenters. The average molecular weight is 1130 g/mol. The largest absolute Gasteiger partial charge is 0.479 e. The van der Waals surface area contributed by atoms with Crippen molar-refractivity contribution >= 4 is 17.9 Å². The van der Waals surface area contributed by atoms with Gasteiger partial charge in [0.25, 0.3) is 0 Å². The van der Waals surface area contributed by atoms with Crippen LogP contribution in [0.4, 0.5) is 0 Å². The van der Waals surface area contributed by atoms with Crippen molar-refractivity contribution < 1.29 is 108 Å². The molecule has 4 saturated carbocycles. The number of aliphatic hydroxyl groups excluding tert-OH is 10. The lowest BCUT2D eigenvalue weighted by Crippen LogP contribution is -2.75. The number of carboxylic acid groups (broad SMARTS) is 1. The smallest absolute Gasteiger partial charge is 0.335 e. The van der Waals surface area contributed by atoms with Gasteiger partial charge in [-0.05, 0) is 100 Å². The molecule has 26 atom stereocenters. The first-order chi connectivity index (χ1) is 36.8. The molecule has 0 amide bonds. The minimum Gasteiger partial charge on any atom is -0.479 e. The molecular weight excluding hydrogens is 1040 g/mol. The van der Waals surface area contributed by atoms with Crippen LogP contribution in [0.1, 0.15) is 122 Å². The van der Waals surface area contributed by atoms with E-state index in [4.69, 9.17) is 37.9 Å². The Kier molecular flexibility index (Phi) is 17.4. The number of carboxylic acids is 1. The number of aliphatic hydroxyl groups is 10. The number of fused-ring (bicyclic) bond motifs is 7. The summed E-state index contributed by atoms with van der Waals surface area (Å²) in [5.74, 6) is -3.49. The second kappa shape index (κ2) is 22.2. The Morgan fingerprint density at radius 2 is 1.16 bits per heavy atom. The van der Waals surface area contributed by atoms with Crippen molar-refractivity contribution in [2.24, 2.45) is 50.2 Å². The van der Waals surface area contributed by atoms with Crippen LogP contribution in [0.15, 0.2) is 34.9 Å². The van der Waals surface area contributed by atoms with E-state index in [1.807, 2.05) is 41.5 Å². The zero-order valence-corrected chi connectivity index (χ0v) is 47.5. The summed E-state index contributed by atoms with van der Waals surface area (Å²) < 4.78 is 49.2. The molecule has 8 rings (SSSR count). The molecule has 0 aromatic rings. The standard InChI is InChI=1S/C57H88O22/c1-13-24(3)47(70)78-44-45(79-48(71)25(4)14-2)56(11)27(21-52(44,5)6)26-15-16-31-54(9)19-18-32(53(7,8)30(54)17-20-55(31,10)57(26,12)43(67)42(56)66)74-51-41(77-50-37(64)35(62)33(60)28(22-58)72-50)39(38(65)40(76-51)46(68)69)75-49-36(63)34(61)29(23-59)73-49/h13-15,27-45,49-51,58-67H,16-23H2,1-12H3,(H,68,69). The molecule has 0 radical (unpaired) electrons. The van der Waals surface area contributed by atoms with Crippen LogP contribution in [0.3, 0.4) is 0 Å². The predicted octanol–water partition coefficient (Wildman–Crippen LogP) is 1.29. The van der Waals surface area contributed by atoms with Crippen LogP contribution >= 0.6 is 0 Å². The number of aliphatic carboxylic acids is 1. The van der Waals surface area contributed by atoms with Crippen LogP contribution in [-0.4, -0.2) is 204 Å². The third-order valence-electron chi connectivity index (χ3n) is 21.4. The third kappa shape index (κ3) is 9.79. The fourth-order valence-corrected chi connectivity index (χ4v) is 16.1. The van der Waals surface area contributed by atoms with Gasteiger partial charge in [-0.25, -0.2) is 14.4 Å². The SMILES string of the molecule is CC=C(C)C(=O)OC1C(OC(=O)C(C)=CC)C2(C)C(CC1(C)C)C1=CCC3C4(C)CCC(OC5OC(C(=O)O)C(O)C(OC6OC(CO)C(O)C6O)C5OC5OC(CO)C(O)C(O)C5O)C(C)(C)C4CCC3(C)C1(C)C(O)C2O. The van der Waals surface area contributed by atoms with Crippen molar-refractivity contribution in [3.05, 3.63) is 34.9 Å². The second-order valence-electron chi connectivity index (χ2n) is 26.1. The van der Waals surface area contributed by atoms with Gasteiger partial charge in [0.1, 0.15) is 73.2 Å². The first-order valence-corrected chi connectivity index (χ1v) is 28.0. The summed E-state index contributed by atoms with van der Waals surface area (Å²) in [6.45, 7) is 21.5. The zero-order valence-electron chi connectivity index (χ0n) is 47.5. The summed E-state index contributed by atoms with van der Waals surface area (Å²) >= 11 is 0. The molecule has 22 nitrogen and oxygen atoms in total. The Morgan fingerprint density at radius 3 is 1.71 bits per heavy atom. The van der Waals surface area contributed by atoms with Gasteiger partial charge in [0, 0.05) is 27.4 Å². The van der Waals surface area contributed by atoms with Gasteiger partial charge in [-0.3, -0.25) is 0 Å². The molecule has 0 aromatic heterocycles. The number of hydrogen-bond acceptors (Lipinski definition) is 21. The number of hydrogen-bond donors (Lipinski definition) is 11. The highest BCUT2D eigenvalue weighted by atomic mass is 16.8. The lowest BCUT2D eigenvalue weighted by Gasteiger charge is -2.73. The molecule has 7 fully saturated rings. The first kappa shape index (κ1) is 62.0. The molecule has 3 aliphatic heterocycles. The van der Waals surface area contributed by atoms with Crippen molar-refractivity contribution in [2.45, 2.75) is 238 Å². The van der Waals surface area contributed by atoms with E-state index >= 15 is 0 Å². The van der Waals surface area contributed by atoms with Crippen molar-refractivity contribution in [1.29, 1.82) is 0 Å². The highest BCUT2D eigenvalue weighted by Gasteiger charge is 2.75. The van der Waals surface area contributed by atoms with Gasteiger partial charge in [0.15, 0.2) is 25.0 Å². The summed E-state index contributed by atoms with van der Waals surface area (Å²) in [5.41, 5.74) is -3.34. The molecule has 448 valence electrons. The van der Waals surface area contributed by atoms with Crippen LogP contribution in [0.5, 0.6) is 0 Å². The number of carbonyl (C=O) groups is 3. The zero-order chi connectivity index (χ0) is 58.6. The van der Waals surface area contributed by atoms with E-state index < -0.39 is 186 Å². The molecule has 22 heteroatoms. The van der Waals surface area contributed by atoms with Crippen molar-refractivity contribution in [3.63, 3.8) is 0 Å². The summed E-state index contributed by atoms with van der Waals surface area (Å²) in [5, 5.41) is 122. The van der Waals surface area contributed by atoms with Gasteiger partial charge < -0.3 is 94.1 Å². The molecule has 3 saturated heterocycles. The Hall–Kier alpha value is -3.01. The van der Waals surface area contributed by atoms with Crippen molar-refractivity contribution in [3.8, 4) is 0 Å². The fraction of sp³-hybridized carbons (Fsp3) is 0.842. The number of carbonyl (C=O) groups excluding carboxylic acids is 2. The van der Waals surface area contributed by atoms with Gasteiger partial charge in [0.05, 0.1) is 31.5 Å². The molecule has 0 spiro atoms. The molecule has 3 heterocycles. The Labute approximate surface area is 461 Å². The average Bonchev–Trinajstić information content (AvgIpc) is 1.86. The maximum absolute atomic E-state index is 13.8. The van der Waals surface area contributed by atoms with Gasteiger partial charge in [0.2, 0.25) is 0 Å². The quantitative estimate of drug-likeness (QED) is 0.0536. The summed E-state index contributed by atoms with van der Waals surface area (Å²) in [6.07, 6.45) is -22.4. The van der Waals surface area contributed by atoms with E-state index in [0.717, 1.165) is 5.57 Å². The van der Waals surface area contributed by atoms with Crippen LogP contribution < -0.4 is 0 Å².